The Balaban J connectivity index is 1.24. The zero-order valence-electron chi connectivity index (χ0n) is 17.5. The van der Waals surface area contributed by atoms with Crippen LogP contribution in [0.2, 0.25) is 0 Å². The van der Waals surface area contributed by atoms with Gasteiger partial charge in [0.1, 0.15) is 17.4 Å². The van der Waals surface area contributed by atoms with Crippen molar-refractivity contribution in [2.75, 3.05) is 31.1 Å². The normalized spacial score (nSPS) is 13.9. The minimum absolute atomic E-state index is 0.122. The molecule has 9 heteroatoms. The number of hydrogen-bond donors (Lipinski definition) is 0. The Morgan fingerprint density at radius 2 is 1.84 bits per heavy atom. The summed E-state index contributed by atoms with van der Waals surface area (Å²) in [6.07, 6.45) is 0. The maximum absolute atomic E-state index is 12.9. The van der Waals surface area contributed by atoms with Gasteiger partial charge in [0.25, 0.3) is 5.91 Å². The summed E-state index contributed by atoms with van der Waals surface area (Å²) in [5.74, 6) is 3.14. The first-order chi connectivity index (χ1) is 15.7. The number of amides is 1. The minimum Gasteiger partial charge on any atom is -0.439 e. The maximum atomic E-state index is 12.9. The number of aryl methyl sites for hydroxylation is 1. The van der Waals surface area contributed by atoms with E-state index in [9.17, 15) is 4.79 Å². The number of piperazine rings is 1. The van der Waals surface area contributed by atoms with Crippen molar-refractivity contribution >= 4 is 23.1 Å². The summed E-state index contributed by atoms with van der Waals surface area (Å²) in [6, 6.07) is 17.0. The van der Waals surface area contributed by atoms with E-state index >= 15 is 0 Å². The standard InChI is InChI=1S/C23H21N5O3S/c1-16-24-21(15-22(25-16)30-17-6-3-2-4-7-17)27-9-11-28(12-10-27)23(29)18-14-19(31-26-18)20-8-5-13-32-20/h2-8,13-15H,9-12H2,1H3. The van der Waals surface area contributed by atoms with Crippen LogP contribution < -0.4 is 9.64 Å². The molecule has 0 atom stereocenters. The molecule has 0 bridgehead atoms. The van der Waals surface area contributed by atoms with Gasteiger partial charge >= 0.3 is 0 Å². The zero-order valence-corrected chi connectivity index (χ0v) is 18.3. The molecular weight excluding hydrogens is 426 g/mol. The van der Waals surface area contributed by atoms with Crippen LogP contribution in [0.15, 0.2) is 64.5 Å². The summed E-state index contributed by atoms with van der Waals surface area (Å²) in [6.45, 7) is 4.29. The van der Waals surface area contributed by atoms with E-state index in [1.807, 2.05) is 60.8 Å². The van der Waals surface area contributed by atoms with Gasteiger partial charge in [-0.3, -0.25) is 4.79 Å². The lowest BCUT2D eigenvalue weighted by atomic mass is 10.2. The molecule has 0 radical (unpaired) electrons. The van der Waals surface area contributed by atoms with Crippen molar-refractivity contribution in [2.24, 2.45) is 0 Å². The first kappa shape index (κ1) is 20.2. The third-order valence-corrected chi connectivity index (χ3v) is 6.04. The summed E-state index contributed by atoms with van der Waals surface area (Å²) in [7, 11) is 0. The maximum Gasteiger partial charge on any atom is 0.276 e. The highest BCUT2D eigenvalue weighted by atomic mass is 32.1. The molecule has 4 aromatic rings. The van der Waals surface area contributed by atoms with Gasteiger partial charge < -0.3 is 19.1 Å². The number of benzene rings is 1. The highest BCUT2D eigenvalue weighted by Gasteiger charge is 2.26. The predicted octanol–water partition coefficient (Wildman–Crippen LogP) is 4.26. The Hall–Kier alpha value is -3.72. The number of nitrogens with zero attached hydrogens (tertiary/aromatic N) is 5. The van der Waals surface area contributed by atoms with E-state index < -0.39 is 0 Å². The van der Waals surface area contributed by atoms with Crippen molar-refractivity contribution in [3.63, 3.8) is 0 Å². The molecule has 4 heterocycles. The molecule has 1 amide bonds. The molecule has 5 rings (SSSR count). The van der Waals surface area contributed by atoms with E-state index in [0.29, 0.717) is 49.3 Å². The topological polar surface area (TPSA) is 84.6 Å². The summed E-state index contributed by atoms with van der Waals surface area (Å²) in [5.41, 5.74) is 0.332. The van der Waals surface area contributed by atoms with Crippen LogP contribution >= 0.6 is 11.3 Å². The van der Waals surface area contributed by atoms with Gasteiger partial charge in [-0.15, -0.1) is 11.3 Å². The average Bonchev–Trinajstić information content (AvgIpc) is 3.51. The number of ether oxygens (including phenoxy) is 1. The van der Waals surface area contributed by atoms with Crippen LogP contribution in [-0.2, 0) is 0 Å². The molecule has 0 aliphatic carbocycles. The molecule has 0 spiro atoms. The Morgan fingerprint density at radius 1 is 1.03 bits per heavy atom. The van der Waals surface area contributed by atoms with Gasteiger partial charge in [0.2, 0.25) is 5.88 Å². The molecule has 32 heavy (non-hydrogen) atoms. The van der Waals surface area contributed by atoms with E-state index in [-0.39, 0.29) is 5.91 Å². The molecule has 1 saturated heterocycles. The number of hydrogen-bond acceptors (Lipinski definition) is 8. The van der Waals surface area contributed by atoms with Gasteiger partial charge in [0, 0.05) is 38.3 Å². The second-order valence-corrected chi connectivity index (χ2v) is 8.31. The van der Waals surface area contributed by atoms with Crippen molar-refractivity contribution in [1.82, 2.24) is 20.0 Å². The van der Waals surface area contributed by atoms with E-state index in [0.717, 1.165) is 16.4 Å². The quantitative estimate of drug-likeness (QED) is 0.452. The molecule has 1 fully saturated rings. The van der Waals surface area contributed by atoms with Gasteiger partial charge in [-0.2, -0.15) is 4.98 Å². The fourth-order valence-electron chi connectivity index (χ4n) is 3.56. The minimum atomic E-state index is -0.122. The van der Waals surface area contributed by atoms with E-state index in [1.165, 1.54) is 0 Å². The molecule has 0 saturated carbocycles. The van der Waals surface area contributed by atoms with Gasteiger partial charge in [-0.25, -0.2) is 4.98 Å². The summed E-state index contributed by atoms with van der Waals surface area (Å²) in [4.78, 5) is 26.7. The lowest BCUT2D eigenvalue weighted by Gasteiger charge is -2.35. The van der Waals surface area contributed by atoms with Crippen LogP contribution in [0.5, 0.6) is 11.6 Å². The Kier molecular flexibility index (Phi) is 5.55. The summed E-state index contributed by atoms with van der Waals surface area (Å²) >= 11 is 1.55. The first-order valence-corrected chi connectivity index (χ1v) is 11.2. The van der Waals surface area contributed by atoms with Crippen LogP contribution in [0.25, 0.3) is 10.6 Å². The van der Waals surface area contributed by atoms with Gasteiger partial charge in [0.05, 0.1) is 4.88 Å². The lowest BCUT2D eigenvalue weighted by molar-refractivity contribution is 0.0736. The summed E-state index contributed by atoms with van der Waals surface area (Å²) in [5, 5.41) is 5.94. The number of thiophene rings is 1. The second kappa shape index (κ2) is 8.80. The lowest BCUT2D eigenvalue weighted by Crippen LogP contribution is -2.49. The van der Waals surface area contributed by atoms with Gasteiger partial charge in [-0.1, -0.05) is 29.4 Å². The molecule has 8 nitrogen and oxygen atoms in total. The van der Waals surface area contributed by atoms with Crippen LogP contribution in [0.1, 0.15) is 16.3 Å². The van der Waals surface area contributed by atoms with Crippen molar-refractivity contribution < 1.29 is 14.1 Å². The largest absolute Gasteiger partial charge is 0.439 e. The highest BCUT2D eigenvalue weighted by Crippen LogP contribution is 2.26. The molecule has 3 aromatic heterocycles. The third kappa shape index (κ3) is 4.33. The number of carbonyl (C=O) groups excluding carboxylic acids is 1. The smallest absolute Gasteiger partial charge is 0.276 e. The van der Waals surface area contributed by atoms with Crippen molar-refractivity contribution in [2.45, 2.75) is 6.92 Å². The molecular formula is C23H21N5O3S. The average molecular weight is 448 g/mol. The third-order valence-electron chi connectivity index (χ3n) is 5.15. The summed E-state index contributed by atoms with van der Waals surface area (Å²) < 4.78 is 11.2. The van der Waals surface area contributed by atoms with Crippen LogP contribution in [0, 0.1) is 6.92 Å². The SMILES string of the molecule is Cc1nc(Oc2ccccc2)cc(N2CCN(C(=O)c3cc(-c4cccs4)on3)CC2)n1. The van der Waals surface area contributed by atoms with E-state index in [4.69, 9.17) is 9.26 Å². The highest BCUT2D eigenvalue weighted by molar-refractivity contribution is 7.13. The fourth-order valence-corrected chi connectivity index (χ4v) is 4.23. The van der Waals surface area contributed by atoms with Gasteiger partial charge in [-0.05, 0) is 30.5 Å². The van der Waals surface area contributed by atoms with Crippen molar-refractivity contribution in [3.05, 3.63) is 71.5 Å². The number of anilines is 1. The predicted molar refractivity (Wildman–Crippen MR) is 121 cm³/mol. The molecule has 1 aliphatic rings. The van der Waals surface area contributed by atoms with Crippen LogP contribution in [0.4, 0.5) is 5.82 Å². The molecule has 1 aromatic carbocycles. The van der Waals surface area contributed by atoms with Crippen molar-refractivity contribution in [3.8, 4) is 22.3 Å². The molecule has 162 valence electrons. The Bertz CT molecular complexity index is 1200. The number of para-hydroxylation sites is 1. The molecule has 0 unspecified atom stereocenters. The number of rotatable bonds is 5. The molecule has 0 N–H and O–H groups in total. The molecule has 1 aliphatic heterocycles. The Labute approximate surface area is 189 Å². The van der Waals surface area contributed by atoms with E-state index in [2.05, 4.69) is 20.0 Å². The van der Waals surface area contributed by atoms with Crippen LogP contribution in [-0.4, -0.2) is 52.1 Å². The zero-order chi connectivity index (χ0) is 21.9. The van der Waals surface area contributed by atoms with Gasteiger partial charge in [0.15, 0.2) is 11.5 Å². The van der Waals surface area contributed by atoms with Crippen molar-refractivity contribution in [1.29, 1.82) is 0 Å². The second-order valence-electron chi connectivity index (χ2n) is 7.36. The number of aromatic nitrogens is 3. The van der Waals surface area contributed by atoms with E-state index in [1.54, 1.807) is 22.3 Å². The Morgan fingerprint density at radius 3 is 2.59 bits per heavy atom. The van der Waals surface area contributed by atoms with Crippen LogP contribution in [0.3, 0.4) is 0 Å². The fraction of sp³-hybridized carbons (Fsp3) is 0.217. The first-order valence-electron chi connectivity index (χ1n) is 10.3. The monoisotopic (exact) mass is 447 g/mol. The number of carbonyl (C=O) groups is 1.